The summed E-state index contributed by atoms with van der Waals surface area (Å²) in [5.74, 6) is 0.923. The molecule has 0 amide bonds. The molecule has 5 rings (SSSR count). The molecule has 0 spiro atoms. The number of aromatic amines is 1. The molecule has 8 heteroatoms. The number of pyridine rings is 1. The number of hydrogen-bond donors (Lipinski definition) is 1. The Bertz CT molecular complexity index is 1530. The minimum atomic E-state index is -3.94. The second kappa shape index (κ2) is 9.56. The fourth-order valence-corrected chi connectivity index (χ4v) is 5.63. The molecule has 1 aliphatic rings. The van der Waals surface area contributed by atoms with Crippen LogP contribution in [0.3, 0.4) is 0 Å². The van der Waals surface area contributed by atoms with E-state index in [9.17, 15) is 13.2 Å². The summed E-state index contributed by atoms with van der Waals surface area (Å²) in [7, 11) is -3.94. The highest BCUT2D eigenvalue weighted by molar-refractivity contribution is 7.89. The number of rotatable bonds is 7. The smallest absolute Gasteiger partial charge is 0.252 e. The minimum Gasteiger partial charge on any atom is -0.486 e. The summed E-state index contributed by atoms with van der Waals surface area (Å²) in [5.41, 5.74) is 2.87. The first-order valence-corrected chi connectivity index (χ1v) is 12.9. The summed E-state index contributed by atoms with van der Waals surface area (Å²) in [6.07, 6.45) is 0.509. The summed E-state index contributed by atoms with van der Waals surface area (Å²) in [6.45, 7) is 2.92. The SMILES string of the molecule is Cc1ccc2[nH]c(=O)c(CN(CCc3ccccc3)S(=O)(=O)c3ccc4c(c3)OCCO4)cc2c1. The summed E-state index contributed by atoms with van der Waals surface area (Å²) in [4.78, 5) is 15.9. The van der Waals surface area contributed by atoms with Crippen molar-refractivity contribution in [1.29, 1.82) is 0 Å². The Morgan fingerprint density at radius 2 is 1.69 bits per heavy atom. The Morgan fingerprint density at radius 3 is 2.49 bits per heavy atom. The van der Waals surface area contributed by atoms with Crippen molar-refractivity contribution >= 4 is 20.9 Å². The quantitative estimate of drug-likeness (QED) is 0.422. The first kappa shape index (κ1) is 23.1. The van der Waals surface area contributed by atoms with Gasteiger partial charge in [0, 0.05) is 30.2 Å². The van der Waals surface area contributed by atoms with Crippen LogP contribution in [0.25, 0.3) is 10.9 Å². The van der Waals surface area contributed by atoms with Crippen LogP contribution < -0.4 is 15.0 Å². The van der Waals surface area contributed by atoms with Gasteiger partial charge in [-0.3, -0.25) is 4.79 Å². The number of nitrogens with one attached hydrogen (secondary N) is 1. The Kier molecular flexibility index (Phi) is 6.32. The van der Waals surface area contributed by atoms with Crippen LogP contribution in [0.2, 0.25) is 0 Å². The van der Waals surface area contributed by atoms with E-state index in [0.29, 0.717) is 36.7 Å². The second-order valence-electron chi connectivity index (χ2n) is 8.59. The zero-order valence-electron chi connectivity index (χ0n) is 19.4. The van der Waals surface area contributed by atoms with Crippen LogP contribution in [0.15, 0.2) is 82.5 Å². The third-order valence-electron chi connectivity index (χ3n) is 6.07. The van der Waals surface area contributed by atoms with Crippen LogP contribution in [0, 0.1) is 6.92 Å². The molecule has 1 aromatic heterocycles. The fourth-order valence-electron chi connectivity index (χ4n) is 4.19. The van der Waals surface area contributed by atoms with E-state index in [1.807, 2.05) is 55.5 Å². The molecule has 3 aromatic carbocycles. The first-order chi connectivity index (χ1) is 16.9. The molecule has 0 radical (unpaired) electrons. The Balaban J connectivity index is 1.52. The Labute approximate surface area is 204 Å². The molecule has 35 heavy (non-hydrogen) atoms. The number of nitrogens with zero attached hydrogens (tertiary/aromatic N) is 1. The first-order valence-electron chi connectivity index (χ1n) is 11.5. The van der Waals surface area contributed by atoms with Crippen molar-refractivity contribution in [2.75, 3.05) is 19.8 Å². The lowest BCUT2D eigenvalue weighted by Gasteiger charge is -2.24. The monoisotopic (exact) mass is 490 g/mol. The van der Waals surface area contributed by atoms with Crippen LogP contribution in [0.1, 0.15) is 16.7 Å². The lowest BCUT2D eigenvalue weighted by atomic mass is 10.1. The van der Waals surface area contributed by atoms with Gasteiger partial charge in [-0.15, -0.1) is 0 Å². The number of fused-ring (bicyclic) bond motifs is 2. The molecule has 0 bridgehead atoms. The van der Waals surface area contributed by atoms with Crippen LogP contribution in [0.4, 0.5) is 0 Å². The van der Waals surface area contributed by atoms with Gasteiger partial charge in [0.05, 0.1) is 4.90 Å². The minimum absolute atomic E-state index is 0.0528. The van der Waals surface area contributed by atoms with Crippen LogP contribution in [-0.4, -0.2) is 37.5 Å². The molecule has 0 atom stereocenters. The maximum Gasteiger partial charge on any atom is 0.252 e. The fraction of sp³-hybridized carbons (Fsp3) is 0.222. The number of ether oxygens (including phenoxy) is 2. The summed E-state index contributed by atoms with van der Waals surface area (Å²) in [6, 6.07) is 21.8. The van der Waals surface area contributed by atoms with E-state index in [1.165, 1.54) is 16.4 Å². The van der Waals surface area contributed by atoms with Crippen molar-refractivity contribution in [3.05, 3.63) is 99.8 Å². The lowest BCUT2D eigenvalue weighted by Crippen LogP contribution is -2.34. The predicted octanol–water partition coefficient (Wildman–Crippen LogP) is 4.04. The van der Waals surface area contributed by atoms with Crippen molar-refractivity contribution in [1.82, 2.24) is 9.29 Å². The number of benzene rings is 3. The van der Waals surface area contributed by atoms with Gasteiger partial charge in [0.1, 0.15) is 13.2 Å². The zero-order valence-corrected chi connectivity index (χ0v) is 20.2. The maximum absolute atomic E-state index is 13.8. The standard InChI is InChI=1S/C27H26N2O5S/c1-19-7-9-24-21(15-19)16-22(27(30)28-24)18-29(12-11-20-5-3-2-4-6-20)35(31,32)23-8-10-25-26(17-23)34-14-13-33-25/h2-10,15-17H,11-14,18H2,1H3,(H,28,30). The van der Waals surface area contributed by atoms with Crippen LogP contribution >= 0.6 is 0 Å². The normalized spacial score (nSPS) is 13.3. The van der Waals surface area contributed by atoms with E-state index >= 15 is 0 Å². The van der Waals surface area contributed by atoms with Gasteiger partial charge >= 0.3 is 0 Å². The van der Waals surface area contributed by atoms with Crippen molar-refractivity contribution in [2.24, 2.45) is 0 Å². The zero-order chi connectivity index (χ0) is 24.4. The van der Waals surface area contributed by atoms with Crippen LogP contribution in [0.5, 0.6) is 11.5 Å². The molecule has 0 saturated carbocycles. The molecular weight excluding hydrogens is 464 g/mol. The van der Waals surface area contributed by atoms with Gasteiger partial charge in [-0.25, -0.2) is 8.42 Å². The number of aromatic nitrogens is 1. The Hall–Kier alpha value is -3.62. The van der Waals surface area contributed by atoms with Gasteiger partial charge in [0.2, 0.25) is 10.0 Å². The number of aryl methyl sites for hydroxylation is 1. The van der Waals surface area contributed by atoms with Gasteiger partial charge in [-0.05, 0) is 54.6 Å². The molecular formula is C27H26N2O5S. The third kappa shape index (κ3) is 4.94. The third-order valence-corrected chi connectivity index (χ3v) is 7.91. The molecule has 1 N–H and O–H groups in total. The van der Waals surface area contributed by atoms with Gasteiger partial charge in [0.15, 0.2) is 11.5 Å². The average molecular weight is 491 g/mol. The molecule has 7 nitrogen and oxygen atoms in total. The summed E-state index contributed by atoms with van der Waals surface area (Å²) in [5, 5.41) is 0.860. The number of H-pyrrole nitrogens is 1. The highest BCUT2D eigenvalue weighted by atomic mass is 32.2. The molecule has 0 aliphatic carbocycles. The van der Waals surface area contributed by atoms with Gasteiger partial charge < -0.3 is 14.5 Å². The molecule has 0 fully saturated rings. The number of hydrogen-bond acceptors (Lipinski definition) is 5. The topological polar surface area (TPSA) is 88.7 Å². The van der Waals surface area contributed by atoms with E-state index in [4.69, 9.17) is 9.47 Å². The molecule has 1 aliphatic heterocycles. The maximum atomic E-state index is 13.8. The van der Waals surface area contributed by atoms with Crippen molar-refractivity contribution in [2.45, 2.75) is 24.8 Å². The molecule has 4 aromatic rings. The molecule has 180 valence electrons. The van der Waals surface area contributed by atoms with Crippen LogP contribution in [-0.2, 0) is 23.0 Å². The molecule has 2 heterocycles. The van der Waals surface area contributed by atoms with E-state index in [2.05, 4.69) is 4.98 Å². The van der Waals surface area contributed by atoms with E-state index in [-0.39, 0.29) is 23.5 Å². The van der Waals surface area contributed by atoms with Gasteiger partial charge in [-0.2, -0.15) is 4.31 Å². The Morgan fingerprint density at radius 1 is 0.914 bits per heavy atom. The van der Waals surface area contributed by atoms with Crippen molar-refractivity contribution in [3.63, 3.8) is 0 Å². The molecule has 0 unspecified atom stereocenters. The van der Waals surface area contributed by atoms with Gasteiger partial charge in [-0.1, -0.05) is 42.0 Å². The number of sulfonamides is 1. The highest BCUT2D eigenvalue weighted by Crippen LogP contribution is 2.33. The van der Waals surface area contributed by atoms with Crippen molar-refractivity contribution in [3.8, 4) is 11.5 Å². The van der Waals surface area contributed by atoms with Gasteiger partial charge in [0.25, 0.3) is 5.56 Å². The summed E-state index contributed by atoms with van der Waals surface area (Å²) < 4.78 is 40.1. The van der Waals surface area contributed by atoms with Crippen molar-refractivity contribution < 1.29 is 17.9 Å². The van der Waals surface area contributed by atoms with E-state index in [0.717, 1.165) is 22.0 Å². The lowest BCUT2D eigenvalue weighted by molar-refractivity contribution is 0.171. The van der Waals surface area contributed by atoms with E-state index < -0.39 is 10.0 Å². The largest absolute Gasteiger partial charge is 0.486 e. The highest BCUT2D eigenvalue weighted by Gasteiger charge is 2.27. The average Bonchev–Trinajstić information content (AvgIpc) is 2.87. The second-order valence-corrected chi connectivity index (χ2v) is 10.5. The summed E-state index contributed by atoms with van der Waals surface area (Å²) >= 11 is 0. The van der Waals surface area contributed by atoms with E-state index in [1.54, 1.807) is 12.1 Å². The molecule has 0 saturated heterocycles. The predicted molar refractivity (Wildman–Crippen MR) is 134 cm³/mol.